The largest absolute Gasteiger partial charge is 0.353 e. The van der Waals surface area contributed by atoms with Gasteiger partial charge in [-0.3, -0.25) is 4.79 Å². The fraction of sp³-hybridized carbons (Fsp3) is 0.909. The Bertz CT molecular complexity index is 231. The number of hydrogen-bond acceptors (Lipinski definition) is 3. The smallest absolute Gasteiger partial charge is 0.237 e. The van der Waals surface area contributed by atoms with Crippen molar-refractivity contribution in [1.82, 2.24) is 15.5 Å². The summed E-state index contributed by atoms with van der Waals surface area (Å²) in [7, 11) is 2.14. The lowest BCUT2D eigenvalue weighted by Gasteiger charge is -2.17. The molecule has 6 heteroatoms. The highest BCUT2D eigenvalue weighted by atomic mass is 35.5. The Hall–Kier alpha value is -0.0300. The molecular weight excluding hydrogens is 261 g/mol. The van der Waals surface area contributed by atoms with Crippen molar-refractivity contribution in [2.45, 2.75) is 37.8 Å². The Morgan fingerprint density at radius 1 is 1.35 bits per heavy atom. The van der Waals surface area contributed by atoms with E-state index >= 15 is 0 Å². The Morgan fingerprint density at radius 3 is 2.59 bits per heavy atom. The first-order valence-electron chi connectivity index (χ1n) is 5.98. The number of rotatable bonds is 5. The van der Waals surface area contributed by atoms with E-state index in [4.69, 9.17) is 0 Å². The molecule has 0 aromatic rings. The summed E-state index contributed by atoms with van der Waals surface area (Å²) in [6.45, 7) is 2.74. The summed E-state index contributed by atoms with van der Waals surface area (Å²) in [5.74, 6) is 0.177. The maximum atomic E-state index is 11.6. The summed E-state index contributed by atoms with van der Waals surface area (Å²) >= 11 is 0. The van der Waals surface area contributed by atoms with Crippen LogP contribution >= 0.6 is 24.8 Å². The highest BCUT2D eigenvalue weighted by Crippen LogP contribution is 2.24. The van der Waals surface area contributed by atoms with Crippen LogP contribution in [0.4, 0.5) is 0 Å². The van der Waals surface area contributed by atoms with E-state index in [1.165, 1.54) is 12.8 Å². The second-order valence-electron chi connectivity index (χ2n) is 4.65. The molecule has 0 spiro atoms. The summed E-state index contributed by atoms with van der Waals surface area (Å²) in [6.07, 6.45) is 4.77. The number of amides is 1. The molecule has 1 aliphatic carbocycles. The van der Waals surface area contributed by atoms with Gasteiger partial charge in [-0.1, -0.05) is 0 Å². The zero-order chi connectivity index (χ0) is 10.7. The van der Waals surface area contributed by atoms with Crippen LogP contribution in [0.5, 0.6) is 0 Å². The third-order valence-corrected chi connectivity index (χ3v) is 3.31. The Kier molecular flexibility index (Phi) is 8.12. The SMILES string of the molecule is CN(CCNC(=O)C1CCCN1)C1CC1.Cl.Cl. The van der Waals surface area contributed by atoms with E-state index in [2.05, 4.69) is 22.6 Å². The molecule has 102 valence electrons. The molecule has 0 radical (unpaired) electrons. The van der Waals surface area contributed by atoms with Gasteiger partial charge < -0.3 is 15.5 Å². The van der Waals surface area contributed by atoms with Crippen molar-refractivity contribution >= 4 is 30.7 Å². The van der Waals surface area contributed by atoms with Gasteiger partial charge in [-0.2, -0.15) is 0 Å². The van der Waals surface area contributed by atoms with Gasteiger partial charge in [-0.05, 0) is 39.3 Å². The summed E-state index contributed by atoms with van der Waals surface area (Å²) in [5.41, 5.74) is 0. The summed E-state index contributed by atoms with van der Waals surface area (Å²) in [6, 6.07) is 0.850. The average molecular weight is 284 g/mol. The molecule has 1 amide bonds. The fourth-order valence-electron chi connectivity index (χ4n) is 2.08. The van der Waals surface area contributed by atoms with Gasteiger partial charge in [0.2, 0.25) is 5.91 Å². The standard InChI is InChI=1S/C11H21N3O.2ClH/c1-14(9-4-5-9)8-7-13-11(15)10-3-2-6-12-10;;/h9-10,12H,2-8H2,1H3,(H,13,15);2*1H. The number of hydrogen-bond donors (Lipinski definition) is 2. The summed E-state index contributed by atoms with van der Waals surface area (Å²) in [5, 5.41) is 6.20. The molecule has 1 aliphatic heterocycles. The minimum Gasteiger partial charge on any atom is -0.353 e. The van der Waals surface area contributed by atoms with Crippen molar-refractivity contribution in [2.75, 3.05) is 26.7 Å². The quantitative estimate of drug-likeness (QED) is 0.784. The summed E-state index contributed by atoms with van der Waals surface area (Å²) < 4.78 is 0. The van der Waals surface area contributed by atoms with Gasteiger partial charge in [-0.15, -0.1) is 24.8 Å². The first-order chi connectivity index (χ1) is 7.27. The summed E-state index contributed by atoms with van der Waals surface area (Å²) in [4.78, 5) is 14.0. The molecule has 1 saturated heterocycles. The van der Waals surface area contributed by atoms with Crippen LogP contribution in [0.3, 0.4) is 0 Å². The van der Waals surface area contributed by atoms with E-state index in [1.54, 1.807) is 0 Å². The number of halogens is 2. The van der Waals surface area contributed by atoms with Gasteiger partial charge in [0, 0.05) is 19.1 Å². The van der Waals surface area contributed by atoms with E-state index < -0.39 is 0 Å². The number of carbonyl (C=O) groups is 1. The maximum absolute atomic E-state index is 11.6. The molecule has 1 saturated carbocycles. The lowest BCUT2D eigenvalue weighted by molar-refractivity contribution is -0.122. The number of carbonyl (C=O) groups excluding carboxylic acids is 1. The Morgan fingerprint density at radius 2 is 2.06 bits per heavy atom. The molecule has 2 fully saturated rings. The van der Waals surface area contributed by atoms with Crippen LogP contribution in [0.2, 0.25) is 0 Å². The highest BCUT2D eigenvalue weighted by Gasteiger charge is 2.26. The van der Waals surface area contributed by atoms with Gasteiger partial charge in [0.1, 0.15) is 0 Å². The van der Waals surface area contributed by atoms with Crippen LogP contribution < -0.4 is 10.6 Å². The van der Waals surface area contributed by atoms with Crippen molar-refractivity contribution in [3.63, 3.8) is 0 Å². The van der Waals surface area contributed by atoms with Crippen molar-refractivity contribution in [1.29, 1.82) is 0 Å². The van der Waals surface area contributed by atoms with Crippen molar-refractivity contribution < 1.29 is 4.79 Å². The molecule has 2 aliphatic rings. The van der Waals surface area contributed by atoms with Crippen LogP contribution in [0, 0.1) is 0 Å². The molecule has 0 aromatic carbocycles. The zero-order valence-electron chi connectivity index (χ0n) is 10.3. The number of nitrogens with zero attached hydrogens (tertiary/aromatic N) is 1. The zero-order valence-corrected chi connectivity index (χ0v) is 11.9. The predicted molar refractivity (Wildman–Crippen MR) is 74.2 cm³/mol. The van der Waals surface area contributed by atoms with E-state index in [0.717, 1.165) is 38.5 Å². The third-order valence-electron chi connectivity index (χ3n) is 3.31. The topological polar surface area (TPSA) is 44.4 Å². The van der Waals surface area contributed by atoms with Gasteiger partial charge in [0.05, 0.1) is 6.04 Å². The number of nitrogens with one attached hydrogen (secondary N) is 2. The molecule has 17 heavy (non-hydrogen) atoms. The Balaban J connectivity index is 0.00000128. The maximum Gasteiger partial charge on any atom is 0.237 e. The molecule has 0 aromatic heterocycles. The highest BCUT2D eigenvalue weighted by molar-refractivity contribution is 5.85. The van der Waals surface area contributed by atoms with Gasteiger partial charge >= 0.3 is 0 Å². The molecule has 1 unspecified atom stereocenters. The average Bonchev–Trinajstić information content (AvgIpc) is 2.93. The third kappa shape index (κ3) is 5.42. The van der Waals surface area contributed by atoms with E-state index in [-0.39, 0.29) is 36.8 Å². The lowest BCUT2D eigenvalue weighted by Crippen LogP contribution is -2.43. The van der Waals surface area contributed by atoms with Crippen LogP contribution in [-0.4, -0.2) is 49.6 Å². The van der Waals surface area contributed by atoms with Crippen LogP contribution in [-0.2, 0) is 4.79 Å². The van der Waals surface area contributed by atoms with E-state index in [0.29, 0.717) is 0 Å². The van der Waals surface area contributed by atoms with Crippen LogP contribution in [0.1, 0.15) is 25.7 Å². The van der Waals surface area contributed by atoms with Crippen molar-refractivity contribution in [3.8, 4) is 0 Å². The molecular formula is C11H23Cl2N3O. The molecule has 0 bridgehead atoms. The second-order valence-corrected chi connectivity index (χ2v) is 4.65. The van der Waals surface area contributed by atoms with Gasteiger partial charge in [0.15, 0.2) is 0 Å². The van der Waals surface area contributed by atoms with Gasteiger partial charge in [-0.25, -0.2) is 0 Å². The monoisotopic (exact) mass is 283 g/mol. The Labute approximate surface area is 116 Å². The molecule has 1 heterocycles. The first-order valence-corrected chi connectivity index (χ1v) is 5.98. The predicted octanol–water partition coefficient (Wildman–Crippen LogP) is 0.792. The van der Waals surface area contributed by atoms with Crippen molar-refractivity contribution in [3.05, 3.63) is 0 Å². The van der Waals surface area contributed by atoms with Crippen molar-refractivity contribution in [2.24, 2.45) is 0 Å². The first kappa shape index (κ1) is 17.0. The molecule has 2 rings (SSSR count). The van der Waals surface area contributed by atoms with E-state index in [1.807, 2.05) is 0 Å². The minimum absolute atomic E-state index is 0. The fourth-order valence-corrected chi connectivity index (χ4v) is 2.08. The molecule has 2 N–H and O–H groups in total. The van der Waals surface area contributed by atoms with Crippen LogP contribution in [0.25, 0.3) is 0 Å². The minimum atomic E-state index is 0. The van der Waals surface area contributed by atoms with Gasteiger partial charge in [0.25, 0.3) is 0 Å². The molecule has 4 nitrogen and oxygen atoms in total. The van der Waals surface area contributed by atoms with E-state index in [9.17, 15) is 4.79 Å². The van der Waals surface area contributed by atoms with Crippen LogP contribution in [0.15, 0.2) is 0 Å². The molecule has 1 atom stereocenters. The normalized spacial score (nSPS) is 22.8. The number of likely N-dealkylation sites (N-methyl/N-ethyl adjacent to an activating group) is 1. The second kappa shape index (κ2) is 8.14. The lowest BCUT2D eigenvalue weighted by atomic mass is 10.2.